The molecule has 1 saturated carbocycles. The van der Waals surface area contributed by atoms with Crippen molar-refractivity contribution in [2.24, 2.45) is 4.36 Å². The third kappa shape index (κ3) is 4.89. The maximum Gasteiger partial charge on any atom is 0.243 e. The average Bonchev–Trinajstić information content (AvgIpc) is 3.18. The average molecular weight is 457 g/mol. The number of thiophene rings is 1. The van der Waals surface area contributed by atoms with E-state index in [0.717, 1.165) is 30.6 Å². The molecule has 2 atom stereocenters. The van der Waals surface area contributed by atoms with Gasteiger partial charge in [0.15, 0.2) is 10.0 Å². The van der Waals surface area contributed by atoms with E-state index in [2.05, 4.69) is 4.36 Å². The van der Waals surface area contributed by atoms with E-state index in [1.54, 1.807) is 0 Å². The van der Waals surface area contributed by atoms with E-state index in [1.165, 1.54) is 39.9 Å². The molecule has 0 amide bonds. The number of nitrogens with zero attached hydrogens (tertiary/aromatic N) is 2. The van der Waals surface area contributed by atoms with Crippen LogP contribution in [-0.2, 0) is 31.3 Å². The van der Waals surface area contributed by atoms with Gasteiger partial charge < -0.3 is 4.74 Å². The largest absolute Gasteiger partial charge is 0.376 e. The lowest BCUT2D eigenvalue weighted by atomic mass is 10.2. The Morgan fingerprint density at radius 3 is 2.41 bits per heavy atom. The van der Waals surface area contributed by atoms with Crippen LogP contribution in [0.25, 0.3) is 0 Å². The van der Waals surface area contributed by atoms with Gasteiger partial charge in [-0.2, -0.15) is 4.31 Å². The Labute approximate surface area is 175 Å². The SMILES string of the molecule is O=S(=O)(c1ccc(S(=O)(O)=NC[C@@H]2CCCO2)cc1)N(Cc1cccs1)C1CC1. The lowest BCUT2D eigenvalue weighted by molar-refractivity contribution is 0.118. The zero-order chi connectivity index (χ0) is 20.5. The van der Waals surface area contributed by atoms with E-state index < -0.39 is 20.0 Å². The summed E-state index contributed by atoms with van der Waals surface area (Å²) in [6, 6.07) is 9.40. The summed E-state index contributed by atoms with van der Waals surface area (Å²) in [5, 5.41) is 1.93. The number of rotatable bonds is 8. The molecule has 7 nitrogen and oxygen atoms in total. The van der Waals surface area contributed by atoms with E-state index in [0.29, 0.717) is 13.2 Å². The zero-order valence-electron chi connectivity index (χ0n) is 15.8. The van der Waals surface area contributed by atoms with Crippen LogP contribution in [0.3, 0.4) is 0 Å². The predicted molar refractivity (Wildman–Crippen MR) is 112 cm³/mol. The molecule has 0 spiro atoms. The van der Waals surface area contributed by atoms with Gasteiger partial charge in [-0.05, 0) is 61.4 Å². The Balaban J connectivity index is 1.54. The maximum atomic E-state index is 13.2. The first-order chi connectivity index (χ1) is 13.9. The Kier molecular flexibility index (Phi) is 6.10. The Morgan fingerprint density at radius 2 is 1.83 bits per heavy atom. The van der Waals surface area contributed by atoms with E-state index in [4.69, 9.17) is 4.74 Å². The monoisotopic (exact) mass is 456 g/mol. The molecule has 0 bridgehead atoms. The van der Waals surface area contributed by atoms with Crippen molar-refractivity contribution in [3.05, 3.63) is 46.7 Å². The molecule has 1 aromatic carbocycles. The van der Waals surface area contributed by atoms with E-state index >= 15 is 0 Å². The van der Waals surface area contributed by atoms with Gasteiger partial charge in [-0.25, -0.2) is 17.0 Å². The normalized spacial score (nSPS) is 21.9. The molecule has 1 aromatic heterocycles. The van der Waals surface area contributed by atoms with Gasteiger partial charge in [0, 0.05) is 24.1 Å². The fourth-order valence-corrected chi connectivity index (χ4v) is 6.76. The highest BCUT2D eigenvalue weighted by Crippen LogP contribution is 2.34. The summed E-state index contributed by atoms with van der Waals surface area (Å²) in [6.07, 6.45) is 3.36. The van der Waals surface area contributed by atoms with Crippen LogP contribution in [0.1, 0.15) is 30.6 Å². The van der Waals surface area contributed by atoms with Crippen molar-refractivity contribution >= 4 is 31.4 Å². The molecule has 1 aliphatic carbocycles. The topological polar surface area (TPSA) is 96.3 Å². The summed E-state index contributed by atoms with van der Waals surface area (Å²) in [6.45, 7) is 1.16. The summed E-state index contributed by atoms with van der Waals surface area (Å²) in [7, 11) is -7.27. The third-order valence-corrected chi connectivity index (χ3v) is 9.22. The highest BCUT2D eigenvalue weighted by atomic mass is 32.2. The number of sulfonamides is 1. The standard InChI is InChI=1S/C19H24N2O5S3/c22-28(23,20-13-16-3-1-11-26-16)18-7-9-19(10-8-18)29(24,25)21(15-5-6-15)14-17-4-2-12-27-17/h2,4,7-10,12,15-16H,1,3,5-6,11,13-14H2,(H,20,22,23)/t16-/m0/s1. The van der Waals surface area contributed by atoms with Crippen LogP contribution in [0.2, 0.25) is 0 Å². The van der Waals surface area contributed by atoms with Crippen molar-refractivity contribution in [1.82, 2.24) is 4.31 Å². The maximum absolute atomic E-state index is 13.2. The molecule has 2 fully saturated rings. The summed E-state index contributed by atoms with van der Waals surface area (Å²) < 4.78 is 60.0. The van der Waals surface area contributed by atoms with Crippen molar-refractivity contribution in [2.45, 2.75) is 54.2 Å². The van der Waals surface area contributed by atoms with Crippen molar-refractivity contribution in [3.8, 4) is 0 Å². The van der Waals surface area contributed by atoms with Crippen LogP contribution in [-0.4, -0.2) is 46.8 Å². The Morgan fingerprint density at radius 1 is 1.10 bits per heavy atom. The van der Waals surface area contributed by atoms with Gasteiger partial charge in [0.2, 0.25) is 10.0 Å². The number of hydrogen-bond donors (Lipinski definition) is 1. The minimum absolute atomic E-state index is 0.0188. The van der Waals surface area contributed by atoms with Gasteiger partial charge in [0.25, 0.3) is 0 Å². The summed E-state index contributed by atoms with van der Waals surface area (Å²) in [5.41, 5.74) is 0. The molecular formula is C19H24N2O5S3. The Hall–Kier alpha value is -1.30. The quantitative estimate of drug-likeness (QED) is 0.655. The van der Waals surface area contributed by atoms with Crippen LogP contribution >= 0.6 is 11.3 Å². The fraction of sp³-hybridized carbons (Fsp3) is 0.474. The second-order valence-corrected chi connectivity index (χ2v) is 11.9. The lowest BCUT2D eigenvalue weighted by Crippen LogP contribution is -2.32. The summed E-state index contributed by atoms with van der Waals surface area (Å²) in [4.78, 5) is 1.22. The lowest BCUT2D eigenvalue weighted by Gasteiger charge is -2.21. The van der Waals surface area contributed by atoms with E-state index in [1.807, 2.05) is 17.5 Å². The van der Waals surface area contributed by atoms with Gasteiger partial charge in [-0.15, -0.1) is 11.3 Å². The third-order valence-electron chi connectivity index (χ3n) is 5.06. The first kappa shape index (κ1) is 21.0. The molecule has 10 heteroatoms. The molecular weight excluding hydrogens is 432 g/mol. The van der Waals surface area contributed by atoms with Gasteiger partial charge in [-0.1, -0.05) is 6.07 Å². The van der Waals surface area contributed by atoms with Crippen molar-refractivity contribution < 1.29 is 21.9 Å². The van der Waals surface area contributed by atoms with Crippen molar-refractivity contribution in [2.75, 3.05) is 13.2 Å². The minimum atomic E-state index is -3.69. The van der Waals surface area contributed by atoms with Gasteiger partial charge >= 0.3 is 0 Å². The molecule has 2 heterocycles. The smallest absolute Gasteiger partial charge is 0.243 e. The summed E-state index contributed by atoms with van der Waals surface area (Å²) in [5.74, 6) is 0. The molecule has 1 saturated heterocycles. The highest BCUT2D eigenvalue weighted by molar-refractivity contribution is 7.89. The van der Waals surface area contributed by atoms with Crippen LogP contribution in [0.5, 0.6) is 0 Å². The van der Waals surface area contributed by atoms with Crippen LogP contribution in [0.15, 0.2) is 55.9 Å². The predicted octanol–water partition coefficient (Wildman–Crippen LogP) is 3.58. The highest BCUT2D eigenvalue weighted by Gasteiger charge is 2.38. The molecule has 1 unspecified atom stereocenters. The van der Waals surface area contributed by atoms with Crippen molar-refractivity contribution in [3.63, 3.8) is 0 Å². The van der Waals surface area contributed by atoms with Crippen LogP contribution in [0.4, 0.5) is 0 Å². The van der Waals surface area contributed by atoms with Gasteiger partial charge in [-0.3, -0.25) is 4.55 Å². The van der Waals surface area contributed by atoms with E-state index in [9.17, 15) is 17.2 Å². The van der Waals surface area contributed by atoms with Crippen LogP contribution < -0.4 is 0 Å². The molecule has 2 aliphatic rings. The molecule has 2 aromatic rings. The summed E-state index contributed by atoms with van der Waals surface area (Å²) >= 11 is 1.53. The Bertz CT molecular complexity index is 1050. The van der Waals surface area contributed by atoms with Crippen molar-refractivity contribution in [1.29, 1.82) is 0 Å². The molecule has 4 rings (SSSR count). The second kappa shape index (κ2) is 8.44. The zero-order valence-corrected chi connectivity index (χ0v) is 18.3. The fourth-order valence-electron chi connectivity index (χ4n) is 3.30. The van der Waals surface area contributed by atoms with Gasteiger partial charge in [0.05, 0.1) is 22.4 Å². The first-order valence-electron chi connectivity index (χ1n) is 9.57. The van der Waals surface area contributed by atoms with E-state index in [-0.39, 0.29) is 28.5 Å². The van der Waals surface area contributed by atoms with Gasteiger partial charge in [0.1, 0.15) is 0 Å². The molecule has 29 heavy (non-hydrogen) atoms. The molecule has 1 aliphatic heterocycles. The first-order valence-corrected chi connectivity index (χ1v) is 13.4. The van der Waals surface area contributed by atoms with Crippen LogP contribution in [0, 0.1) is 0 Å². The molecule has 0 radical (unpaired) electrons. The number of benzene rings is 1. The number of hydrogen-bond acceptors (Lipinski definition) is 6. The molecule has 1 N–H and O–H groups in total. The minimum Gasteiger partial charge on any atom is -0.376 e. The second-order valence-electron chi connectivity index (χ2n) is 7.28. The molecule has 158 valence electrons. The number of ether oxygens (including phenoxy) is 1.